The molecule has 1 aliphatic rings. The molecule has 2 aromatic heterocycles. The van der Waals surface area contributed by atoms with Gasteiger partial charge in [-0.05, 0) is 58.2 Å². The van der Waals surface area contributed by atoms with Gasteiger partial charge in [-0.1, -0.05) is 0 Å². The number of anilines is 1. The molecule has 1 amide bonds. The molecule has 1 fully saturated rings. The van der Waals surface area contributed by atoms with E-state index in [2.05, 4.69) is 5.10 Å². The lowest BCUT2D eigenvalue weighted by molar-refractivity contribution is -0.138. The van der Waals surface area contributed by atoms with E-state index in [1.165, 1.54) is 6.07 Å². The van der Waals surface area contributed by atoms with Gasteiger partial charge in [0.05, 0.1) is 0 Å². The number of nitrogens with zero attached hydrogens (tertiary/aromatic N) is 3. The number of piperidine rings is 1. The molecule has 25 heavy (non-hydrogen) atoms. The fourth-order valence-corrected chi connectivity index (χ4v) is 3.48. The molecule has 134 valence electrons. The highest BCUT2D eigenvalue weighted by molar-refractivity contribution is 5.77. The maximum atomic E-state index is 12.8. The van der Waals surface area contributed by atoms with Crippen molar-refractivity contribution in [3.8, 4) is 11.5 Å². The standard InChI is InChI=1S/C18H24N4O3/c1-11-5-4-6-12(2)22(11)17(23)10-21-18(24)14(19)9-15(20-21)16-8-7-13(3)25-16/h7-9,11-12H,4-6,10,19H2,1-3H3/t11-,12-/m1/s1. The third-order valence-corrected chi connectivity index (χ3v) is 4.76. The van der Waals surface area contributed by atoms with Gasteiger partial charge in [0.25, 0.3) is 5.56 Å². The van der Waals surface area contributed by atoms with Gasteiger partial charge in [-0.3, -0.25) is 9.59 Å². The topological polar surface area (TPSA) is 94.4 Å². The summed E-state index contributed by atoms with van der Waals surface area (Å²) in [7, 11) is 0. The van der Waals surface area contributed by atoms with E-state index >= 15 is 0 Å². The molecule has 2 N–H and O–H groups in total. The first kappa shape index (κ1) is 17.3. The fourth-order valence-electron chi connectivity index (χ4n) is 3.48. The van der Waals surface area contributed by atoms with E-state index < -0.39 is 5.56 Å². The van der Waals surface area contributed by atoms with Crippen LogP contribution in [0.15, 0.2) is 27.4 Å². The predicted octanol–water partition coefficient (Wildman–Crippen LogP) is 2.18. The molecule has 3 rings (SSSR count). The number of carbonyl (C=O) groups excluding carboxylic acids is 1. The quantitative estimate of drug-likeness (QED) is 0.921. The number of hydrogen-bond acceptors (Lipinski definition) is 5. The van der Waals surface area contributed by atoms with Crippen molar-refractivity contribution < 1.29 is 9.21 Å². The van der Waals surface area contributed by atoms with Crippen LogP contribution >= 0.6 is 0 Å². The van der Waals surface area contributed by atoms with Gasteiger partial charge in [0, 0.05) is 12.1 Å². The van der Waals surface area contributed by atoms with Crippen LogP contribution in [0.2, 0.25) is 0 Å². The van der Waals surface area contributed by atoms with Crippen molar-refractivity contribution in [1.82, 2.24) is 14.7 Å². The highest BCUT2D eigenvalue weighted by atomic mass is 16.3. The number of aryl methyl sites for hydroxylation is 1. The Kier molecular flexibility index (Phi) is 4.65. The molecule has 0 bridgehead atoms. The molecule has 2 atom stereocenters. The van der Waals surface area contributed by atoms with Gasteiger partial charge in [-0.25, -0.2) is 4.68 Å². The summed E-state index contributed by atoms with van der Waals surface area (Å²) in [5, 5.41) is 4.28. The fraction of sp³-hybridized carbons (Fsp3) is 0.500. The highest BCUT2D eigenvalue weighted by Crippen LogP contribution is 2.23. The average molecular weight is 344 g/mol. The second kappa shape index (κ2) is 6.74. The van der Waals surface area contributed by atoms with E-state index in [4.69, 9.17) is 10.2 Å². The smallest absolute Gasteiger partial charge is 0.290 e. The Balaban J connectivity index is 1.90. The maximum Gasteiger partial charge on any atom is 0.290 e. The monoisotopic (exact) mass is 344 g/mol. The second-order valence-corrected chi connectivity index (χ2v) is 6.79. The van der Waals surface area contributed by atoms with Crippen LogP contribution in [0.5, 0.6) is 0 Å². The Labute approximate surface area is 146 Å². The van der Waals surface area contributed by atoms with Gasteiger partial charge in [-0.15, -0.1) is 0 Å². The zero-order valence-corrected chi connectivity index (χ0v) is 14.9. The molecular formula is C18H24N4O3. The SMILES string of the molecule is Cc1ccc(-c2cc(N)c(=O)n(CC(=O)N3[C@H](C)CCC[C@H]3C)n2)o1. The van der Waals surface area contributed by atoms with Crippen molar-refractivity contribution >= 4 is 11.6 Å². The number of rotatable bonds is 3. The molecule has 1 saturated heterocycles. The summed E-state index contributed by atoms with van der Waals surface area (Å²) in [5.74, 6) is 1.15. The molecule has 2 aromatic rings. The summed E-state index contributed by atoms with van der Waals surface area (Å²) in [6.45, 7) is 5.79. The van der Waals surface area contributed by atoms with Gasteiger partial charge in [-0.2, -0.15) is 5.10 Å². The molecule has 3 heterocycles. The maximum absolute atomic E-state index is 12.8. The van der Waals surface area contributed by atoms with Gasteiger partial charge in [0.15, 0.2) is 5.76 Å². The normalized spacial score (nSPS) is 20.7. The van der Waals surface area contributed by atoms with Crippen LogP contribution in [0, 0.1) is 6.92 Å². The minimum Gasteiger partial charge on any atom is -0.460 e. The van der Waals surface area contributed by atoms with E-state index in [9.17, 15) is 9.59 Å². The average Bonchev–Trinajstić information content (AvgIpc) is 2.98. The Morgan fingerprint density at radius 1 is 1.32 bits per heavy atom. The number of nitrogens with two attached hydrogens (primary N) is 1. The summed E-state index contributed by atoms with van der Waals surface area (Å²) < 4.78 is 6.68. The lowest BCUT2D eigenvalue weighted by Gasteiger charge is -2.39. The molecule has 0 spiro atoms. The Hall–Kier alpha value is -2.57. The predicted molar refractivity (Wildman–Crippen MR) is 95.0 cm³/mol. The number of carbonyl (C=O) groups is 1. The van der Waals surface area contributed by atoms with Crippen molar-refractivity contribution in [2.24, 2.45) is 0 Å². The molecule has 0 radical (unpaired) electrons. The summed E-state index contributed by atoms with van der Waals surface area (Å²) in [6.07, 6.45) is 3.07. The first-order valence-electron chi connectivity index (χ1n) is 8.62. The molecule has 7 nitrogen and oxygen atoms in total. The zero-order valence-electron chi connectivity index (χ0n) is 14.9. The summed E-state index contributed by atoms with van der Waals surface area (Å²) >= 11 is 0. The molecule has 0 aliphatic carbocycles. The number of likely N-dealkylation sites (tertiary alicyclic amines) is 1. The van der Waals surface area contributed by atoms with E-state index in [0.717, 1.165) is 29.7 Å². The largest absolute Gasteiger partial charge is 0.460 e. The zero-order chi connectivity index (χ0) is 18.1. The minimum atomic E-state index is -0.460. The van der Waals surface area contributed by atoms with Crippen LogP contribution in [0.4, 0.5) is 5.69 Å². The number of furan rings is 1. The molecule has 7 heteroatoms. The van der Waals surface area contributed by atoms with Gasteiger partial charge in [0.1, 0.15) is 23.7 Å². The van der Waals surface area contributed by atoms with Crippen molar-refractivity contribution in [3.63, 3.8) is 0 Å². The molecular weight excluding hydrogens is 320 g/mol. The number of amides is 1. The highest BCUT2D eigenvalue weighted by Gasteiger charge is 2.29. The number of nitrogen functional groups attached to an aromatic ring is 1. The first-order chi connectivity index (χ1) is 11.9. The summed E-state index contributed by atoms with van der Waals surface area (Å²) in [5.41, 5.74) is 5.86. The Morgan fingerprint density at radius 3 is 2.60 bits per heavy atom. The van der Waals surface area contributed by atoms with Gasteiger partial charge < -0.3 is 15.1 Å². The van der Waals surface area contributed by atoms with E-state index in [1.807, 2.05) is 31.7 Å². The van der Waals surface area contributed by atoms with E-state index in [-0.39, 0.29) is 30.2 Å². The van der Waals surface area contributed by atoms with Crippen molar-refractivity contribution in [3.05, 3.63) is 34.3 Å². The van der Waals surface area contributed by atoms with Crippen LogP contribution in [-0.4, -0.2) is 32.7 Å². The first-order valence-corrected chi connectivity index (χ1v) is 8.62. The van der Waals surface area contributed by atoms with Crippen molar-refractivity contribution in [2.45, 2.75) is 58.7 Å². The van der Waals surface area contributed by atoms with Crippen LogP contribution in [0.1, 0.15) is 38.9 Å². The van der Waals surface area contributed by atoms with Crippen LogP contribution in [0.25, 0.3) is 11.5 Å². The van der Waals surface area contributed by atoms with Crippen molar-refractivity contribution in [2.75, 3.05) is 5.73 Å². The minimum absolute atomic E-state index is 0.0478. The second-order valence-electron chi connectivity index (χ2n) is 6.79. The van der Waals surface area contributed by atoms with Gasteiger partial charge in [0.2, 0.25) is 5.91 Å². The van der Waals surface area contributed by atoms with Crippen LogP contribution in [-0.2, 0) is 11.3 Å². The third kappa shape index (κ3) is 3.45. The van der Waals surface area contributed by atoms with E-state index in [1.54, 1.807) is 6.07 Å². The van der Waals surface area contributed by atoms with Crippen LogP contribution in [0.3, 0.4) is 0 Å². The molecule has 0 unspecified atom stereocenters. The lowest BCUT2D eigenvalue weighted by atomic mass is 9.97. The summed E-state index contributed by atoms with van der Waals surface area (Å²) in [4.78, 5) is 26.9. The van der Waals surface area contributed by atoms with Gasteiger partial charge >= 0.3 is 0 Å². The van der Waals surface area contributed by atoms with Crippen LogP contribution < -0.4 is 11.3 Å². The van der Waals surface area contributed by atoms with Crippen molar-refractivity contribution in [1.29, 1.82) is 0 Å². The molecule has 0 aromatic carbocycles. The third-order valence-electron chi connectivity index (χ3n) is 4.76. The Bertz CT molecular complexity index is 829. The number of hydrogen-bond donors (Lipinski definition) is 1. The van der Waals surface area contributed by atoms with E-state index in [0.29, 0.717) is 11.5 Å². The molecule has 0 saturated carbocycles. The number of aromatic nitrogens is 2. The molecule has 1 aliphatic heterocycles. The lowest BCUT2D eigenvalue weighted by Crippen LogP contribution is -2.49. The summed E-state index contributed by atoms with van der Waals surface area (Å²) in [6, 6.07) is 5.39. The Morgan fingerprint density at radius 2 is 2.00 bits per heavy atom.